The predicted octanol–water partition coefficient (Wildman–Crippen LogP) is 2.22. The van der Waals surface area contributed by atoms with Crippen LogP contribution in [0, 0.1) is 0 Å². The fourth-order valence-electron chi connectivity index (χ4n) is 2.89. The molecule has 0 bridgehead atoms. The van der Waals surface area contributed by atoms with Crippen LogP contribution in [0.25, 0.3) is 11.0 Å². The minimum Gasteiger partial charge on any atom is -0.422 e. The lowest BCUT2D eigenvalue weighted by molar-refractivity contribution is -0.115. The molecule has 0 fully saturated rings. The molecule has 124 valence electrons. The molecular weight excluding hydrogens is 320 g/mol. The standard InChI is InChI=1S/C19H14N2O4/c22-17-9-13-7-11(5-6-15(13)21-17)10-20-18(23)14-8-12-3-1-2-4-16(12)25-19(14)24/h1-8H,9-10H2,(H,20,23)(H,21,22). The molecule has 4 rings (SSSR count). The zero-order valence-corrected chi connectivity index (χ0v) is 13.2. The van der Waals surface area contributed by atoms with Gasteiger partial charge in [-0.05, 0) is 29.3 Å². The molecule has 2 N–H and O–H groups in total. The van der Waals surface area contributed by atoms with Crippen molar-refractivity contribution in [2.75, 3.05) is 5.32 Å². The third-order valence-corrected chi connectivity index (χ3v) is 4.13. The first-order chi connectivity index (χ1) is 12.1. The van der Waals surface area contributed by atoms with Crippen molar-refractivity contribution in [3.05, 3.63) is 75.6 Å². The van der Waals surface area contributed by atoms with E-state index in [-0.39, 0.29) is 18.0 Å². The van der Waals surface area contributed by atoms with Gasteiger partial charge in [0.2, 0.25) is 5.91 Å². The molecule has 3 aromatic rings. The molecule has 0 saturated carbocycles. The van der Waals surface area contributed by atoms with E-state index in [0.717, 1.165) is 16.8 Å². The zero-order valence-electron chi connectivity index (χ0n) is 13.2. The Morgan fingerprint density at radius 3 is 2.84 bits per heavy atom. The van der Waals surface area contributed by atoms with E-state index in [2.05, 4.69) is 10.6 Å². The minimum atomic E-state index is -0.667. The maximum atomic E-state index is 12.3. The zero-order chi connectivity index (χ0) is 17.4. The van der Waals surface area contributed by atoms with Crippen LogP contribution in [0.15, 0.2) is 57.7 Å². The number of fused-ring (bicyclic) bond motifs is 2. The van der Waals surface area contributed by atoms with E-state index in [1.54, 1.807) is 18.2 Å². The summed E-state index contributed by atoms with van der Waals surface area (Å²) in [5.74, 6) is -0.529. The Kier molecular flexibility index (Phi) is 3.57. The number of hydrogen-bond donors (Lipinski definition) is 2. The second kappa shape index (κ2) is 5.90. The molecule has 2 amide bonds. The summed E-state index contributed by atoms with van der Waals surface area (Å²) in [6, 6.07) is 14.1. The van der Waals surface area contributed by atoms with Crippen molar-refractivity contribution in [2.45, 2.75) is 13.0 Å². The average Bonchev–Trinajstić information content (AvgIpc) is 2.98. The Labute approximate surface area is 142 Å². The van der Waals surface area contributed by atoms with Crippen LogP contribution < -0.4 is 16.3 Å². The van der Waals surface area contributed by atoms with Gasteiger partial charge in [-0.2, -0.15) is 0 Å². The van der Waals surface area contributed by atoms with Crippen molar-refractivity contribution in [1.82, 2.24) is 5.32 Å². The monoisotopic (exact) mass is 334 g/mol. The molecule has 6 heteroatoms. The first kappa shape index (κ1) is 15.1. The highest BCUT2D eigenvalue weighted by Gasteiger charge is 2.18. The summed E-state index contributed by atoms with van der Waals surface area (Å²) in [6.07, 6.45) is 0.339. The number of para-hydroxylation sites is 1. The molecule has 6 nitrogen and oxygen atoms in total. The molecule has 0 unspecified atom stereocenters. The number of rotatable bonds is 3. The highest BCUT2D eigenvalue weighted by atomic mass is 16.4. The molecule has 0 spiro atoms. The lowest BCUT2D eigenvalue weighted by atomic mass is 10.1. The van der Waals surface area contributed by atoms with E-state index in [4.69, 9.17) is 4.42 Å². The van der Waals surface area contributed by atoms with E-state index >= 15 is 0 Å². The molecular formula is C19H14N2O4. The second-order valence-corrected chi connectivity index (χ2v) is 5.88. The summed E-state index contributed by atoms with van der Waals surface area (Å²) in [5.41, 5.74) is 2.31. The van der Waals surface area contributed by atoms with Crippen molar-refractivity contribution in [3.8, 4) is 0 Å². The van der Waals surface area contributed by atoms with Gasteiger partial charge < -0.3 is 15.1 Å². The molecule has 2 aromatic carbocycles. The highest BCUT2D eigenvalue weighted by Crippen LogP contribution is 2.23. The van der Waals surface area contributed by atoms with Crippen molar-refractivity contribution in [2.24, 2.45) is 0 Å². The molecule has 1 aliphatic heterocycles. The largest absolute Gasteiger partial charge is 0.422 e. The van der Waals surface area contributed by atoms with E-state index < -0.39 is 11.5 Å². The molecule has 0 radical (unpaired) electrons. The first-order valence-corrected chi connectivity index (χ1v) is 7.83. The van der Waals surface area contributed by atoms with Gasteiger partial charge in [-0.25, -0.2) is 4.79 Å². The third-order valence-electron chi connectivity index (χ3n) is 4.13. The van der Waals surface area contributed by atoms with Crippen LogP contribution in [0.5, 0.6) is 0 Å². The van der Waals surface area contributed by atoms with Crippen molar-refractivity contribution in [3.63, 3.8) is 0 Å². The number of hydrogen-bond acceptors (Lipinski definition) is 4. The van der Waals surface area contributed by atoms with Crippen molar-refractivity contribution < 1.29 is 14.0 Å². The number of benzene rings is 2. The molecule has 1 aromatic heterocycles. The van der Waals surface area contributed by atoms with Gasteiger partial charge in [-0.3, -0.25) is 9.59 Å². The maximum Gasteiger partial charge on any atom is 0.349 e. The number of carbonyl (C=O) groups excluding carboxylic acids is 2. The smallest absolute Gasteiger partial charge is 0.349 e. The Morgan fingerprint density at radius 2 is 1.96 bits per heavy atom. The van der Waals surface area contributed by atoms with Gasteiger partial charge in [0, 0.05) is 17.6 Å². The summed E-state index contributed by atoms with van der Waals surface area (Å²) < 4.78 is 5.18. The summed E-state index contributed by atoms with van der Waals surface area (Å²) in [6.45, 7) is 0.257. The molecule has 2 heterocycles. The van der Waals surface area contributed by atoms with E-state index in [1.165, 1.54) is 6.07 Å². The Balaban J connectivity index is 1.53. The van der Waals surface area contributed by atoms with Crippen LogP contribution in [0.2, 0.25) is 0 Å². The number of anilines is 1. The number of amides is 2. The van der Waals surface area contributed by atoms with Gasteiger partial charge in [-0.1, -0.05) is 30.3 Å². The van der Waals surface area contributed by atoms with Gasteiger partial charge in [0.15, 0.2) is 0 Å². The Hall–Kier alpha value is -3.41. The molecule has 0 saturated heterocycles. The molecule has 1 aliphatic rings. The first-order valence-electron chi connectivity index (χ1n) is 7.83. The van der Waals surface area contributed by atoms with Crippen LogP contribution in [0.4, 0.5) is 5.69 Å². The summed E-state index contributed by atoms with van der Waals surface area (Å²) in [5, 5.41) is 6.17. The Bertz CT molecular complexity index is 1070. The van der Waals surface area contributed by atoms with E-state index in [9.17, 15) is 14.4 Å². The van der Waals surface area contributed by atoms with Crippen LogP contribution in [0.3, 0.4) is 0 Å². The third kappa shape index (κ3) is 2.89. The molecule has 0 aliphatic carbocycles. The topological polar surface area (TPSA) is 88.4 Å². The van der Waals surface area contributed by atoms with Gasteiger partial charge in [0.1, 0.15) is 11.1 Å². The van der Waals surface area contributed by atoms with Gasteiger partial charge in [0.25, 0.3) is 5.91 Å². The van der Waals surface area contributed by atoms with Crippen LogP contribution >= 0.6 is 0 Å². The highest BCUT2D eigenvalue weighted by molar-refractivity contribution is 5.99. The van der Waals surface area contributed by atoms with E-state index in [0.29, 0.717) is 17.4 Å². The van der Waals surface area contributed by atoms with Crippen LogP contribution in [0.1, 0.15) is 21.5 Å². The summed E-state index contributed by atoms with van der Waals surface area (Å²) >= 11 is 0. The van der Waals surface area contributed by atoms with Gasteiger partial charge >= 0.3 is 5.63 Å². The molecule has 25 heavy (non-hydrogen) atoms. The maximum absolute atomic E-state index is 12.3. The van der Waals surface area contributed by atoms with Gasteiger partial charge in [-0.15, -0.1) is 0 Å². The lowest BCUT2D eigenvalue weighted by Crippen LogP contribution is -2.27. The minimum absolute atomic E-state index is 0.0308. The van der Waals surface area contributed by atoms with Gasteiger partial charge in [0.05, 0.1) is 6.42 Å². The van der Waals surface area contributed by atoms with Crippen LogP contribution in [-0.4, -0.2) is 11.8 Å². The van der Waals surface area contributed by atoms with Crippen LogP contribution in [-0.2, 0) is 17.8 Å². The second-order valence-electron chi connectivity index (χ2n) is 5.88. The number of nitrogens with one attached hydrogen (secondary N) is 2. The fourth-order valence-corrected chi connectivity index (χ4v) is 2.89. The average molecular weight is 334 g/mol. The fraction of sp³-hybridized carbons (Fsp3) is 0.105. The Morgan fingerprint density at radius 1 is 1.12 bits per heavy atom. The SMILES string of the molecule is O=C1Cc2cc(CNC(=O)c3cc4ccccc4oc3=O)ccc2N1. The number of carbonyl (C=O) groups is 2. The lowest BCUT2D eigenvalue weighted by Gasteiger charge is -2.07. The van der Waals surface area contributed by atoms with Crippen molar-refractivity contribution in [1.29, 1.82) is 0 Å². The quantitative estimate of drug-likeness (QED) is 0.719. The summed E-state index contributed by atoms with van der Waals surface area (Å²) in [7, 11) is 0. The predicted molar refractivity (Wildman–Crippen MR) is 92.4 cm³/mol. The van der Waals surface area contributed by atoms with E-state index in [1.807, 2.05) is 24.3 Å². The molecule has 0 atom stereocenters. The summed E-state index contributed by atoms with van der Waals surface area (Å²) in [4.78, 5) is 35.7. The normalized spacial score (nSPS) is 12.7. The van der Waals surface area contributed by atoms with Crippen molar-refractivity contribution >= 4 is 28.5 Å².